The van der Waals surface area contributed by atoms with Crippen molar-refractivity contribution in [3.05, 3.63) is 59.3 Å². The summed E-state index contributed by atoms with van der Waals surface area (Å²) in [4.78, 5) is 17.0. The van der Waals surface area contributed by atoms with Gasteiger partial charge in [-0.25, -0.2) is 9.78 Å². The summed E-state index contributed by atoms with van der Waals surface area (Å²) in [6.07, 6.45) is 3.63. The van der Waals surface area contributed by atoms with Crippen LogP contribution in [-0.4, -0.2) is 37.3 Å². The number of nitrogens with one attached hydrogen (secondary N) is 1. The fourth-order valence-electron chi connectivity index (χ4n) is 3.29. The Hall–Kier alpha value is -2.40. The maximum absolute atomic E-state index is 12.4. The Kier molecular flexibility index (Phi) is 9.31. The number of hydrogen-bond donors (Lipinski definition) is 1. The van der Waals surface area contributed by atoms with Crippen LogP contribution in [0.15, 0.2) is 42.5 Å². The fraction of sp³-hybridized carbons (Fsp3) is 0.520. The molecule has 0 saturated carbocycles. The maximum Gasteiger partial charge on any atom is 0.339 e. The Labute approximate surface area is 181 Å². The highest BCUT2D eigenvalue weighted by Gasteiger charge is 2.20. The van der Waals surface area contributed by atoms with E-state index in [0.717, 1.165) is 25.8 Å². The topological polar surface area (TPSA) is 60.5 Å². The highest BCUT2D eigenvalue weighted by Crippen LogP contribution is 2.20. The number of aromatic nitrogens is 1. The van der Waals surface area contributed by atoms with E-state index in [9.17, 15) is 4.79 Å². The number of nitrogens with zero attached hydrogens (tertiary/aromatic N) is 1. The van der Waals surface area contributed by atoms with Gasteiger partial charge in [0.15, 0.2) is 0 Å². The lowest BCUT2D eigenvalue weighted by Crippen LogP contribution is -2.35. The molecule has 0 fully saturated rings. The van der Waals surface area contributed by atoms with Crippen LogP contribution in [0.2, 0.25) is 0 Å². The van der Waals surface area contributed by atoms with Gasteiger partial charge in [-0.1, -0.05) is 51.1 Å². The molecule has 1 aromatic heterocycles. The third-order valence-corrected chi connectivity index (χ3v) is 5.03. The van der Waals surface area contributed by atoms with E-state index in [1.165, 1.54) is 5.56 Å². The molecule has 0 radical (unpaired) electrons. The van der Waals surface area contributed by atoms with Crippen LogP contribution in [0.5, 0.6) is 5.88 Å². The molecule has 0 aliphatic rings. The van der Waals surface area contributed by atoms with E-state index in [0.29, 0.717) is 30.2 Å². The van der Waals surface area contributed by atoms with Crippen molar-refractivity contribution in [2.24, 2.45) is 5.41 Å². The third-order valence-electron chi connectivity index (χ3n) is 5.03. The maximum atomic E-state index is 12.4. The van der Waals surface area contributed by atoms with Crippen LogP contribution < -0.4 is 10.1 Å². The SMILES string of the molecule is CCOC(=O)c1ccc(OC)nc1CC(CCc1ccccc1)NCCC(C)(C)C. The molecule has 1 unspecified atom stereocenters. The minimum absolute atomic E-state index is 0.195. The van der Waals surface area contributed by atoms with Gasteiger partial charge in [-0.15, -0.1) is 0 Å². The van der Waals surface area contributed by atoms with Gasteiger partial charge in [0, 0.05) is 18.5 Å². The van der Waals surface area contributed by atoms with Crippen molar-refractivity contribution in [3.8, 4) is 5.88 Å². The summed E-state index contributed by atoms with van der Waals surface area (Å²) in [5.74, 6) is 0.175. The Morgan fingerprint density at radius 1 is 1.13 bits per heavy atom. The van der Waals surface area contributed by atoms with Gasteiger partial charge in [-0.3, -0.25) is 0 Å². The van der Waals surface area contributed by atoms with E-state index in [-0.39, 0.29) is 17.4 Å². The largest absolute Gasteiger partial charge is 0.481 e. The highest BCUT2D eigenvalue weighted by atomic mass is 16.5. The van der Waals surface area contributed by atoms with Gasteiger partial charge in [0.25, 0.3) is 0 Å². The summed E-state index contributed by atoms with van der Waals surface area (Å²) < 4.78 is 10.5. The van der Waals surface area contributed by atoms with Crippen LogP contribution in [-0.2, 0) is 17.6 Å². The number of esters is 1. The average molecular weight is 413 g/mol. The first-order valence-electron chi connectivity index (χ1n) is 10.8. The number of carbonyl (C=O) groups excluding carboxylic acids is 1. The lowest BCUT2D eigenvalue weighted by Gasteiger charge is -2.23. The van der Waals surface area contributed by atoms with Crippen LogP contribution in [0, 0.1) is 5.41 Å². The minimum Gasteiger partial charge on any atom is -0.481 e. The van der Waals surface area contributed by atoms with Crippen molar-refractivity contribution < 1.29 is 14.3 Å². The van der Waals surface area contributed by atoms with Crippen LogP contribution in [0.25, 0.3) is 0 Å². The Balaban J connectivity index is 2.18. The molecular formula is C25H36N2O3. The summed E-state index contributed by atoms with van der Waals surface area (Å²) in [6, 6.07) is 14.1. The van der Waals surface area contributed by atoms with E-state index in [1.54, 1.807) is 19.2 Å². The predicted octanol–water partition coefficient (Wildman–Crippen LogP) is 4.84. The van der Waals surface area contributed by atoms with E-state index in [2.05, 4.69) is 55.3 Å². The molecule has 0 aliphatic heterocycles. The van der Waals surface area contributed by atoms with Crippen LogP contribution in [0.3, 0.4) is 0 Å². The standard InChI is InChI=1S/C25H36N2O3/c1-6-30-24(28)21-14-15-23(29-5)27-22(21)18-20(26-17-16-25(2,3)4)13-12-19-10-8-7-9-11-19/h7-11,14-15,20,26H,6,12-13,16-18H2,1-5H3. The normalized spacial score (nSPS) is 12.4. The fourth-order valence-corrected chi connectivity index (χ4v) is 3.29. The van der Waals surface area contributed by atoms with E-state index < -0.39 is 0 Å². The highest BCUT2D eigenvalue weighted by molar-refractivity contribution is 5.90. The number of carbonyl (C=O) groups is 1. The molecule has 0 amide bonds. The number of hydrogen-bond acceptors (Lipinski definition) is 5. The molecular weight excluding hydrogens is 376 g/mol. The van der Waals surface area contributed by atoms with Crippen LogP contribution in [0.4, 0.5) is 0 Å². The van der Waals surface area contributed by atoms with Gasteiger partial charge in [0.2, 0.25) is 5.88 Å². The summed E-state index contributed by atoms with van der Waals surface area (Å²) in [7, 11) is 1.59. The molecule has 30 heavy (non-hydrogen) atoms. The van der Waals surface area contributed by atoms with Gasteiger partial charge in [-0.05, 0) is 49.8 Å². The number of ether oxygens (including phenoxy) is 2. The first kappa shape index (κ1) is 23.9. The molecule has 5 nitrogen and oxygen atoms in total. The summed E-state index contributed by atoms with van der Waals surface area (Å²) >= 11 is 0. The monoisotopic (exact) mass is 412 g/mol. The lowest BCUT2D eigenvalue weighted by atomic mass is 9.92. The first-order valence-corrected chi connectivity index (χ1v) is 10.8. The zero-order chi connectivity index (χ0) is 22.0. The van der Waals surface area contributed by atoms with Crippen molar-refractivity contribution in [2.75, 3.05) is 20.3 Å². The van der Waals surface area contributed by atoms with Crippen molar-refractivity contribution >= 4 is 5.97 Å². The Morgan fingerprint density at radius 2 is 1.87 bits per heavy atom. The average Bonchev–Trinajstić information content (AvgIpc) is 2.71. The predicted molar refractivity (Wildman–Crippen MR) is 121 cm³/mol. The molecule has 2 rings (SSSR count). The number of aryl methyl sites for hydroxylation is 1. The van der Waals surface area contributed by atoms with Crippen molar-refractivity contribution in [2.45, 2.75) is 59.4 Å². The molecule has 0 bridgehead atoms. The summed E-state index contributed by atoms with van der Waals surface area (Å²) in [6.45, 7) is 9.81. The molecule has 0 spiro atoms. The van der Waals surface area contributed by atoms with E-state index >= 15 is 0 Å². The molecule has 2 aromatic rings. The molecule has 1 N–H and O–H groups in total. The second-order valence-electron chi connectivity index (χ2n) is 8.76. The van der Waals surface area contributed by atoms with Gasteiger partial charge < -0.3 is 14.8 Å². The molecule has 5 heteroatoms. The molecule has 1 aromatic carbocycles. The molecule has 1 atom stereocenters. The van der Waals surface area contributed by atoms with Crippen molar-refractivity contribution in [3.63, 3.8) is 0 Å². The molecule has 1 heterocycles. The van der Waals surface area contributed by atoms with Gasteiger partial charge in [0.05, 0.1) is 25.0 Å². The van der Waals surface area contributed by atoms with E-state index in [4.69, 9.17) is 9.47 Å². The number of benzene rings is 1. The second-order valence-corrected chi connectivity index (χ2v) is 8.76. The lowest BCUT2D eigenvalue weighted by molar-refractivity contribution is 0.0524. The van der Waals surface area contributed by atoms with Gasteiger partial charge >= 0.3 is 5.97 Å². The Bertz CT molecular complexity index is 785. The smallest absolute Gasteiger partial charge is 0.339 e. The van der Waals surface area contributed by atoms with Crippen molar-refractivity contribution in [1.82, 2.24) is 10.3 Å². The number of methoxy groups -OCH3 is 1. The second kappa shape index (κ2) is 11.7. The van der Waals surface area contributed by atoms with Gasteiger partial charge in [0.1, 0.15) is 0 Å². The molecule has 164 valence electrons. The Morgan fingerprint density at radius 3 is 2.50 bits per heavy atom. The quantitative estimate of drug-likeness (QED) is 0.535. The zero-order valence-electron chi connectivity index (χ0n) is 19.0. The zero-order valence-corrected chi connectivity index (χ0v) is 19.0. The number of pyridine rings is 1. The van der Waals surface area contributed by atoms with Crippen LogP contribution in [0.1, 0.15) is 62.2 Å². The third kappa shape index (κ3) is 8.15. The first-order chi connectivity index (χ1) is 14.3. The summed E-state index contributed by atoms with van der Waals surface area (Å²) in [5, 5.41) is 3.70. The number of rotatable bonds is 11. The minimum atomic E-state index is -0.334. The molecule has 0 aliphatic carbocycles. The molecule has 0 saturated heterocycles. The van der Waals surface area contributed by atoms with Gasteiger partial charge in [-0.2, -0.15) is 0 Å². The van der Waals surface area contributed by atoms with Crippen LogP contribution >= 0.6 is 0 Å². The van der Waals surface area contributed by atoms with E-state index in [1.807, 2.05) is 13.0 Å². The summed E-state index contributed by atoms with van der Waals surface area (Å²) in [5.41, 5.74) is 2.81. The van der Waals surface area contributed by atoms with Crippen molar-refractivity contribution in [1.29, 1.82) is 0 Å².